The molecule has 1 aliphatic carbocycles. The van der Waals surface area contributed by atoms with E-state index in [1.165, 1.54) is 4.90 Å². The van der Waals surface area contributed by atoms with Crippen LogP contribution in [-0.2, 0) is 16.0 Å². The van der Waals surface area contributed by atoms with Crippen LogP contribution in [0.4, 0.5) is 5.69 Å². The topological polar surface area (TPSA) is 83.6 Å². The van der Waals surface area contributed by atoms with Crippen molar-refractivity contribution in [2.75, 3.05) is 12.3 Å². The van der Waals surface area contributed by atoms with Crippen LogP contribution in [0.25, 0.3) is 0 Å². The second-order valence-electron chi connectivity index (χ2n) is 4.89. The Hall–Kier alpha value is -2.04. The summed E-state index contributed by atoms with van der Waals surface area (Å²) in [6.45, 7) is -0.194. The molecular weight excluding hydrogens is 244 g/mol. The molecule has 0 spiro atoms. The van der Waals surface area contributed by atoms with Gasteiger partial charge in [0.1, 0.15) is 6.54 Å². The van der Waals surface area contributed by atoms with Gasteiger partial charge in [-0.3, -0.25) is 9.59 Å². The summed E-state index contributed by atoms with van der Waals surface area (Å²) in [6.07, 6.45) is 2.74. The minimum Gasteiger partial charge on any atom is -0.480 e. The van der Waals surface area contributed by atoms with E-state index in [0.29, 0.717) is 18.5 Å². The summed E-state index contributed by atoms with van der Waals surface area (Å²) in [5, 5.41) is 8.82. The van der Waals surface area contributed by atoms with Gasteiger partial charge in [0.25, 0.3) is 0 Å². The molecule has 0 radical (unpaired) electrons. The van der Waals surface area contributed by atoms with Gasteiger partial charge in [0, 0.05) is 18.2 Å². The van der Waals surface area contributed by atoms with Crippen molar-refractivity contribution in [3.63, 3.8) is 0 Å². The van der Waals surface area contributed by atoms with Crippen LogP contribution in [0.5, 0.6) is 0 Å². The summed E-state index contributed by atoms with van der Waals surface area (Å²) in [4.78, 5) is 24.3. The average Bonchev–Trinajstić information content (AvgIpc) is 3.17. The van der Waals surface area contributed by atoms with E-state index in [2.05, 4.69) is 0 Å². The highest BCUT2D eigenvalue weighted by atomic mass is 16.4. The van der Waals surface area contributed by atoms with E-state index in [1.807, 2.05) is 18.2 Å². The van der Waals surface area contributed by atoms with Crippen LogP contribution in [0.3, 0.4) is 0 Å². The molecule has 1 aromatic rings. The minimum atomic E-state index is -0.954. The molecule has 19 heavy (non-hydrogen) atoms. The van der Waals surface area contributed by atoms with Crippen molar-refractivity contribution in [2.45, 2.75) is 31.7 Å². The monoisotopic (exact) mass is 262 g/mol. The summed E-state index contributed by atoms with van der Waals surface area (Å²) in [5.41, 5.74) is 7.35. The number of rotatable bonds is 6. The van der Waals surface area contributed by atoms with Gasteiger partial charge in [0.05, 0.1) is 0 Å². The SMILES string of the molecule is Nc1cccc(CCC(=O)N(CC(=O)O)C2CC2)c1. The number of nitrogens with two attached hydrogens (primary N) is 1. The highest BCUT2D eigenvalue weighted by molar-refractivity contribution is 5.82. The van der Waals surface area contributed by atoms with Crippen molar-refractivity contribution < 1.29 is 14.7 Å². The van der Waals surface area contributed by atoms with E-state index in [9.17, 15) is 9.59 Å². The number of carboxylic acids is 1. The second-order valence-corrected chi connectivity index (χ2v) is 4.89. The molecule has 0 heterocycles. The highest BCUT2D eigenvalue weighted by Crippen LogP contribution is 2.27. The Kier molecular flexibility index (Phi) is 4.04. The van der Waals surface area contributed by atoms with Crippen LogP contribution >= 0.6 is 0 Å². The molecule has 1 fully saturated rings. The van der Waals surface area contributed by atoms with Gasteiger partial charge in [0.15, 0.2) is 0 Å². The summed E-state index contributed by atoms with van der Waals surface area (Å²) in [6, 6.07) is 7.54. The normalized spacial score (nSPS) is 14.1. The zero-order chi connectivity index (χ0) is 13.8. The van der Waals surface area contributed by atoms with Crippen LogP contribution in [0.15, 0.2) is 24.3 Å². The molecule has 0 saturated heterocycles. The third-order valence-electron chi connectivity index (χ3n) is 3.19. The molecule has 2 rings (SSSR count). The third-order valence-corrected chi connectivity index (χ3v) is 3.19. The van der Waals surface area contributed by atoms with Crippen LogP contribution < -0.4 is 5.73 Å². The molecule has 0 atom stereocenters. The molecule has 0 aromatic heterocycles. The molecule has 3 N–H and O–H groups in total. The average molecular weight is 262 g/mol. The number of carboxylic acid groups (broad SMARTS) is 1. The maximum absolute atomic E-state index is 12.0. The molecule has 102 valence electrons. The standard InChI is InChI=1S/C14H18N2O3/c15-11-3-1-2-10(8-11)4-7-13(17)16(9-14(18)19)12-5-6-12/h1-3,8,12H,4-7,9,15H2,(H,18,19). The lowest BCUT2D eigenvalue weighted by Crippen LogP contribution is -2.37. The Morgan fingerprint density at radius 3 is 2.68 bits per heavy atom. The Labute approximate surface area is 112 Å². The fourth-order valence-electron chi connectivity index (χ4n) is 2.10. The Bertz CT molecular complexity index is 483. The predicted molar refractivity (Wildman–Crippen MR) is 71.5 cm³/mol. The number of nitrogens with zero attached hydrogens (tertiary/aromatic N) is 1. The molecule has 1 saturated carbocycles. The van der Waals surface area contributed by atoms with Crippen molar-refractivity contribution in [3.8, 4) is 0 Å². The molecule has 0 aliphatic heterocycles. The summed E-state index contributed by atoms with van der Waals surface area (Å²) in [5.74, 6) is -1.04. The third kappa shape index (κ3) is 3.98. The van der Waals surface area contributed by atoms with Gasteiger partial charge in [-0.2, -0.15) is 0 Å². The highest BCUT2D eigenvalue weighted by Gasteiger charge is 2.33. The number of nitrogen functional groups attached to an aromatic ring is 1. The van der Waals surface area contributed by atoms with E-state index in [4.69, 9.17) is 10.8 Å². The number of hydrogen-bond acceptors (Lipinski definition) is 3. The Morgan fingerprint density at radius 2 is 2.11 bits per heavy atom. The largest absolute Gasteiger partial charge is 0.480 e. The molecule has 0 bridgehead atoms. The van der Waals surface area contributed by atoms with Gasteiger partial charge in [-0.25, -0.2) is 0 Å². The smallest absolute Gasteiger partial charge is 0.323 e. The number of hydrogen-bond donors (Lipinski definition) is 2. The second kappa shape index (κ2) is 5.73. The van der Waals surface area contributed by atoms with E-state index in [0.717, 1.165) is 18.4 Å². The number of carbonyl (C=O) groups excluding carboxylic acids is 1. The first-order chi connectivity index (χ1) is 9.06. The summed E-state index contributed by atoms with van der Waals surface area (Å²) in [7, 11) is 0. The fourth-order valence-corrected chi connectivity index (χ4v) is 2.10. The number of aryl methyl sites for hydroxylation is 1. The van der Waals surface area contributed by atoms with E-state index >= 15 is 0 Å². The van der Waals surface area contributed by atoms with Gasteiger partial charge in [-0.05, 0) is 37.0 Å². The van der Waals surface area contributed by atoms with Gasteiger partial charge in [-0.15, -0.1) is 0 Å². The molecule has 1 aliphatic rings. The molecule has 0 unspecified atom stereocenters. The zero-order valence-corrected chi connectivity index (χ0v) is 10.7. The van der Waals surface area contributed by atoms with Gasteiger partial charge in [0.2, 0.25) is 5.91 Å². The first kappa shape index (κ1) is 13.4. The van der Waals surface area contributed by atoms with Crippen molar-refractivity contribution in [1.29, 1.82) is 0 Å². The maximum Gasteiger partial charge on any atom is 0.323 e. The van der Waals surface area contributed by atoms with Crippen molar-refractivity contribution in [2.24, 2.45) is 0 Å². The first-order valence-electron chi connectivity index (χ1n) is 6.42. The van der Waals surface area contributed by atoms with Gasteiger partial charge in [-0.1, -0.05) is 12.1 Å². The zero-order valence-electron chi connectivity index (χ0n) is 10.7. The minimum absolute atomic E-state index is 0.0904. The number of aliphatic carboxylic acids is 1. The maximum atomic E-state index is 12.0. The van der Waals surface area contributed by atoms with Crippen LogP contribution in [0.2, 0.25) is 0 Å². The molecule has 1 aromatic carbocycles. The van der Waals surface area contributed by atoms with Crippen molar-refractivity contribution in [3.05, 3.63) is 29.8 Å². The summed E-state index contributed by atoms with van der Waals surface area (Å²) >= 11 is 0. The van der Waals surface area contributed by atoms with E-state index in [1.54, 1.807) is 6.07 Å². The molecular formula is C14H18N2O3. The number of anilines is 1. The van der Waals surface area contributed by atoms with E-state index in [-0.39, 0.29) is 18.5 Å². The van der Waals surface area contributed by atoms with Crippen molar-refractivity contribution >= 4 is 17.6 Å². The number of amides is 1. The van der Waals surface area contributed by atoms with Crippen LogP contribution in [0, 0.1) is 0 Å². The molecule has 1 amide bonds. The number of benzene rings is 1. The quantitative estimate of drug-likeness (QED) is 0.756. The first-order valence-corrected chi connectivity index (χ1v) is 6.42. The van der Waals surface area contributed by atoms with E-state index < -0.39 is 5.97 Å². The number of carbonyl (C=O) groups is 2. The lowest BCUT2D eigenvalue weighted by atomic mass is 10.1. The fraction of sp³-hybridized carbons (Fsp3) is 0.429. The summed E-state index contributed by atoms with van der Waals surface area (Å²) < 4.78 is 0. The van der Waals surface area contributed by atoms with Crippen molar-refractivity contribution in [1.82, 2.24) is 4.90 Å². The lowest BCUT2D eigenvalue weighted by molar-refractivity contribution is -0.144. The van der Waals surface area contributed by atoms with Crippen LogP contribution in [0.1, 0.15) is 24.8 Å². The van der Waals surface area contributed by atoms with Crippen LogP contribution in [-0.4, -0.2) is 34.5 Å². The van der Waals surface area contributed by atoms with Gasteiger partial charge >= 0.3 is 5.97 Å². The Balaban J connectivity index is 1.90. The molecule has 5 nitrogen and oxygen atoms in total. The lowest BCUT2D eigenvalue weighted by Gasteiger charge is -2.20. The van der Waals surface area contributed by atoms with Gasteiger partial charge < -0.3 is 15.7 Å². The molecule has 5 heteroatoms. The predicted octanol–water partition coefficient (Wildman–Crippen LogP) is 1.28. The Morgan fingerprint density at radius 1 is 1.37 bits per heavy atom.